The molecule has 6 heteroatoms. The molecule has 0 radical (unpaired) electrons. The van der Waals surface area contributed by atoms with Crippen molar-refractivity contribution in [2.75, 3.05) is 17.3 Å². The third kappa shape index (κ3) is 4.52. The Morgan fingerprint density at radius 3 is 2.45 bits per heavy atom. The van der Waals surface area contributed by atoms with Crippen LogP contribution in [0.2, 0.25) is 0 Å². The molecule has 0 fully saturated rings. The number of carbonyl (C=O) groups is 2. The van der Waals surface area contributed by atoms with E-state index in [9.17, 15) is 9.59 Å². The van der Waals surface area contributed by atoms with Crippen LogP contribution >= 0.6 is 11.6 Å². The smallest absolute Gasteiger partial charge is 0.303 e. The fourth-order valence-corrected chi connectivity index (χ4v) is 4.41. The zero-order chi connectivity index (χ0) is 21.8. The van der Waals surface area contributed by atoms with Crippen LogP contribution in [0.5, 0.6) is 5.75 Å². The molecule has 3 aromatic rings. The highest BCUT2D eigenvalue weighted by molar-refractivity contribution is 6.19. The van der Waals surface area contributed by atoms with E-state index in [1.165, 1.54) is 0 Å². The number of aliphatic carboxylic acids is 1. The number of amides is 1. The van der Waals surface area contributed by atoms with Crippen LogP contribution in [0.25, 0.3) is 10.8 Å². The second-order valence-electron chi connectivity index (χ2n) is 7.73. The molecule has 1 atom stereocenters. The lowest BCUT2D eigenvalue weighted by molar-refractivity contribution is -0.137. The number of rotatable bonds is 8. The summed E-state index contributed by atoms with van der Waals surface area (Å²) in [6.45, 7) is 0.923. The minimum absolute atomic E-state index is 0.0193. The quantitative estimate of drug-likeness (QED) is 0.483. The Morgan fingerprint density at radius 1 is 1.03 bits per heavy atom. The normalized spacial score (nSPS) is 15.1. The van der Waals surface area contributed by atoms with E-state index in [1.54, 1.807) is 4.90 Å². The zero-order valence-electron chi connectivity index (χ0n) is 17.1. The van der Waals surface area contributed by atoms with Crippen molar-refractivity contribution in [2.45, 2.75) is 31.8 Å². The molecule has 0 bridgehead atoms. The van der Waals surface area contributed by atoms with Crippen LogP contribution in [-0.4, -0.2) is 29.4 Å². The molecular weight excluding hydrogens is 414 g/mol. The topological polar surface area (TPSA) is 66.8 Å². The fourth-order valence-electron chi connectivity index (χ4n) is 4.16. The van der Waals surface area contributed by atoms with Crippen LogP contribution in [0.3, 0.4) is 0 Å². The van der Waals surface area contributed by atoms with Gasteiger partial charge in [0.2, 0.25) is 5.91 Å². The molecule has 0 saturated heterocycles. The number of carbonyl (C=O) groups excluding carboxylic acids is 1. The van der Waals surface area contributed by atoms with Crippen LogP contribution in [0.1, 0.15) is 36.3 Å². The van der Waals surface area contributed by atoms with E-state index < -0.39 is 5.97 Å². The first-order valence-electron chi connectivity index (χ1n) is 10.4. The minimum atomic E-state index is -0.893. The lowest BCUT2D eigenvalue weighted by atomic mass is 9.95. The molecule has 3 aromatic carbocycles. The lowest BCUT2D eigenvalue weighted by Gasteiger charge is -2.19. The third-order valence-electron chi connectivity index (χ3n) is 5.63. The van der Waals surface area contributed by atoms with Gasteiger partial charge in [0.05, 0.1) is 5.69 Å². The second kappa shape index (κ2) is 9.40. The van der Waals surface area contributed by atoms with Gasteiger partial charge in [-0.1, -0.05) is 54.6 Å². The summed E-state index contributed by atoms with van der Waals surface area (Å²) in [4.78, 5) is 25.5. The number of hydrogen-bond donors (Lipinski definition) is 1. The van der Waals surface area contributed by atoms with E-state index in [0.29, 0.717) is 25.5 Å². The fraction of sp³-hybridized carbons (Fsp3) is 0.280. The second-order valence-corrected chi connectivity index (χ2v) is 8.04. The maximum absolute atomic E-state index is 12.9. The lowest BCUT2D eigenvalue weighted by Crippen LogP contribution is -2.30. The van der Waals surface area contributed by atoms with Gasteiger partial charge >= 0.3 is 5.97 Å². The van der Waals surface area contributed by atoms with Gasteiger partial charge in [0.1, 0.15) is 12.4 Å². The van der Waals surface area contributed by atoms with Crippen LogP contribution in [0.15, 0.2) is 60.7 Å². The molecule has 0 aliphatic carbocycles. The number of hydrogen-bond acceptors (Lipinski definition) is 3. The van der Waals surface area contributed by atoms with Gasteiger partial charge in [0.25, 0.3) is 0 Å². The Kier molecular flexibility index (Phi) is 6.42. The summed E-state index contributed by atoms with van der Waals surface area (Å²) >= 11 is 6.29. The van der Waals surface area contributed by atoms with Gasteiger partial charge in [-0.2, -0.15) is 0 Å². The first-order chi connectivity index (χ1) is 15.1. The maximum atomic E-state index is 12.9. The van der Waals surface area contributed by atoms with Crippen LogP contribution in [0, 0.1) is 0 Å². The number of alkyl halides is 1. The van der Waals surface area contributed by atoms with E-state index in [1.807, 2.05) is 60.7 Å². The number of halogens is 1. The molecule has 1 aliphatic heterocycles. The molecule has 31 heavy (non-hydrogen) atoms. The summed E-state index contributed by atoms with van der Waals surface area (Å²) in [6.07, 6.45) is 0.485. The summed E-state index contributed by atoms with van der Waals surface area (Å²) < 4.78 is 6.19. The highest BCUT2D eigenvalue weighted by Crippen LogP contribution is 2.45. The van der Waals surface area contributed by atoms with Gasteiger partial charge in [0, 0.05) is 42.6 Å². The van der Waals surface area contributed by atoms with E-state index in [-0.39, 0.29) is 24.7 Å². The first-order valence-corrected chi connectivity index (χ1v) is 10.9. The zero-order valence-corrected chi connectivity index (χ0v) is 17.8. The first kappa shape index (κ1) is 21.2. The van der Waals surface area contributed by atoms with E-state index in [2.05, 4.69) is 0 Å². The molecule has 0 spiro atoms. The summed E-state index contributed by atoms with van der Waals surface area (Å²) in [7, 11) is 0. The Balaban J connectivity index is 1.69. The van der Waals surface area contributed by atoms with Crippen molar-refractivity contribution in [3.63, 3.8) is 0 Å². The van der Waals surface area contributed by atoms with Gasteiger partial charge in [-0.05, 0) is 22.9 Å². The number of carboxylic acid groups (broad SMARTS) is 1. The van der Waals surface area contributed by atoms with Gasteiger partial charge in [0.15, 0.2) is 0 Å². The van der Waals surface area contributed by atoms with Crippen molar-refractivity contribution in [1.82, 2.24) is 0 Å². The van der Waals surface area contributed by atoms with E-state index in [4.69, 9.17) is 21.4 Å². The van der Waals surface area contributed by atoms with E-state index in [0.717, 1.165) is 33.3 Å². The van der Waals surface area contributed by atoms with Crippen molar-refractivity contribution in [2.24, 2.45) is 0 Å². The molecule has 0 saturated carbocycles. The molecular formula is C25H24ClNO4. The molecule has 1 aliphatic rings. The van der Waals surface area contributed by atoms with Gasteiger partial charge in [-0.15, -0.1) is 11.6 Å². The molecule has 160 valence electrons. The molecule has 1 heterocycles. The molecule has 0 aromatic heterocycles. The maximum Gasteiger partial charge on any atom is 0.303 e. The monoisotopic (exact) mass is 437 g/mol. The van der Waals surface area contributed by atoms with Crippen molar-refractivity contribution < 1.29 is 19.4 Å². The predicted molar refractivity (Wildman–Crippen MR) is 122 cm³/mol. The largest absolute Gasteiger partial charge is 0.488 e. The summed E-state index contributed by atoms with van der Waals surface area (Å²) in [5, 5.41) is 10.9. The molecule has 0 unspecified atom stereocenters. The Labute approximate surface area is 186 Å². The molecule has 1 N–H and O–H groups in total. The number of nitrogens with zero attached hydrogens (tertiary/aromatic N) is 1. The van der Waals surface area contributed by atoms with Gasteiger partial charge in [-0.25, -0.2) is 0 Å². The third-order valence-corrected chi connectivity index (χ3v) is 6.01. The number of ether oxygens (including phenoxy) is 1. The standard InChI is InChI=1S/C25H24ClNO4/c26-14-18-15-27(23(28)11-6-12-24(29)30)21-13-22(31-16-17-7-2-1-3-8-17)19-9-4-5-10-20(19)25(18)21/h1-5,7-10,13,18H,6,11-12,14-16H2,(H,29,30)/t18-/m0/s1. The van der Waals surface area contributed by atoms with Crippen LogP contribution in [-0.2, 0) is 16.2 Å². The Hall–Kier alpha value is -3.05. The average molecular weight is 438 g/mol. The molecule has 1 amide bonds. The highest BCUT2D eigenvalue weighted by Gasteiger charge is 2.34. The summed E-state index contributed by atoms with van der Waals surface area (Å²) in [5.74, 6) is 0.167. The Bertz CT molecular complexity index is 1100. The molecule has 5 nitrogen and oxygen atoms in total. The van der Waals surface area contributed by atoms with Crippen molar-refractivity contribution in [1.29, 1.82) is 0 Å². The number of carboxylic acids is 1. The number of anilines is 1. The van der Waals surface area contributed by atoms with Crippen LogP contribution < -0.4 is 9.64 Å². The summed E-state index contributed by atoms with van der Waals surface area (Å²) in [6, 6.07) is 19.9. The molecule has 4 rings (SSSR count). The highest BCUT2D eigenvalue weighted by atomic mass is 35.5. The van der Waals surface area contributed by atoms with Crippen molar-refractivity contribution >= 4 is 39.9 Å². The summed E-state index contributed by atoms with van der Waals surface area (Å²) in [5.41, 5.74) is 2.93. The average Bonchev–Trinajstić information content (AvgIpc) is 3.17. The van der Waals surface area contributed by atoms with Gasteiger partial charge < -0.3 is 14.7 Å². The van der Waals surface area contributed by atoms with Crippen molar-refractivity contribution in [3.05, 3.63) is 71.8 Å². The SMILES string of the molecule is O=C(O)CCCC(=O)N1C[C@H](CCl)c2c1cc(OCc1ccccc1)c1ccccc21. The van der Waals surface area contributed by atoms with Gasteiger partial charge in [-0.3, -0.25) is 9.59 Å². The predicted octanol–water partition coefficient (Wildman–Crippen LogP) is 5.34. The Morgan fingerprint density at radius 2 is 1.74 bits per heavy atom. The van der Waals surface area contributed by atoms with Crippen molar-refractivity contribution in [3.8, 4) is 5.75 Å². The number of fused-ring (bicyclic) bond motifs is 3. The van der Waals surface area contributed by atoms with Crippen LogP contribution in [0.4, 0.5) is 5.69 Å². The number of benzene rings is 3. The minimum Gasteiger partial charge on any atom is -0.488 e. The van der Waals surface area contributed by atoms with E-state index >= 15 is 0 Å².